The molecule has 0 fully saturated rings. The van der Waals surface area contributed by atoms with Crippen LogP contribution in [-0.2, 0) is 4.79 Å². The fraction of sp³-hybridized carbons (Fsp3) is 0.300. The van der Waals surface area contributed by atoms with Gasteiger partial charge in [-0.1, -0.05) is 18.2 Å². The van der Waals surface area contributed by atoms with Crippen LogP contribution in [0, 0.1) is 6.92 Å². The van der Waals surface area contributed by atoms with E-state index in [0.717, 1.165) is 11.1 Å². The second kappa shape index (κ2) is 8.89. The summed E-state index contributed by atoms with van der Waals surface area (Å²) in [6.45, 7) is 3.59. The topological polar surface area (TPSA) is 76.7 Å². The number of carbonyl (C=O) groups is 2. The molecule has 0 spiro atoms. The van der Waals surface area contributed by atoms with E-state index in [1.807, 2.05) is 32.0 Å². The van der Waals surface area contributed by atoms with E-state index >= 15 is 0 Å². The molecule has 0 saturated heterocycles. The highest BCUT2D eigenvalue weighted by molar-refractivity contribution is 5.97. The predicted molar refractivity (Wildman–Crippen MR) is 99.6 cm³/mol. The number of nitrogens with one attached hydrogen (secondary N) is 2. The molecular weight excluding hydrogens is 332 g/mol. The molecule has 0 aliphatic heterocycles. The molecule has 26 heavy (non-hydrogen) atoms. The van der Waals surface area contributed by atoms with Crippen LogP contribution >= 0.6 is 0 Å². The average molecular weight is 356 g/mol. The lowest BCUT2D eigenvalue weighted by Gasteiger charge is -2.18. The summed E-state index contributed by atoms with van der Waals surface area (Å²) in [6, 6.07) is 12.3. The Balaban J connectivity index is 1.97. The van der Waals surface area contributed by atoms with Gasteiger partial charge < -0.3 is 20.1 Å². The zero-order chi connectivity index (χ0) is 19.1. The van der Waals surface area contributed by atoms with Gasteiger partial charge in [0.05, 0.1) is 26.8 Å². The third kappa shape index (κ3) is 4.75. The summed E-state index contributed by atoms with van der Waals surface area (Å²) in [6.07, 6.45) is 0. The lowest BCUT2D eigenvalue weighted by Crippen LogP contribution is -2.38. The van der Waals surface area contributed by atoms with Gasteiger partial charge in [-0.2, -0.15) is 0 Å². The minimum Gasteiger partial charge on any atom is -0.497 e. The van der Waals surface area contributed by atoms with Gasteiger partial charge in [-0.15, -0.1) is 0 Å². The molecule has 138 valence electrons. The van der Waals surface area contributed by atoms with E-state index < -0.39 is 0 Å². The molecule has 6 nitrogen and oxygen atoms in total. The summed E-state index contributed by atoms with van der Waals surface area (Å²) >= 11 is 0. The van der Waals surface area contributed by atoms with Gasteiger partial charge in [-0.25, -0.2) is 0 Å². The number of aryl methyl sites for hydroxylation is 1. The van der Waals surface area contributed by atoms with E-state index in [0.29, 0.717) is 17.1 Å². The molecule has 2 rings (SSSR count). The van der Waals surface area contributed by atoms with E-state index in [1.165, 1.54) is 0 Å². The van der Waals surface area contributed by atoms with Gasteiger partial charge in [0.15, 0.2) is 0 Å². The van der Waals surface area contributed by atoms with Crippen molar-refractivity contribution in [2.45, 2.75) is 19.9 Å². The Labute approximate surface area is 153 Å². The Kier molecular flexibility index (Phi) is 6.60. The molecule has 0 aliphatic carbocycles. The van der Waals surface area contributed by atoms with Crippen molar-refractivity contribution in [2.24, 2.45) is 0 Å². The largest absolute Gasteiger partial charge is 0.497 e. The van der Waals surface area contributed by atoms with Gasteiger partial charge in [0.25, 0.3) is 5.91 Å². The molecule has 0 saturated carbocycles. The third-order valence-electron chi connectivity index (χ3n) is 4.08. The molecule has 2 N–H and O–H groups in total. The smallest absolute Gasteiger partial charge is 0.251 e. The second-order valence-electron chi connectivity index (χ2n) is 5.89. The first-order chi connectivity index (χ1) is 12.5. The Morgan fingerprint density at radius 2 is 1.81 bits per heavy atom. The summed E-state index contributed by atoms with van der Waals surface area (Å²) < 4.78 is 10.6. The first-order valence-electron chi connectivity index (χ1n) is 8.31. The number of methoxy groups -OCH3 is 2. The van der Waals surface area contributed by atoms with Crippen LogP contribution < -0.4 is 20.1 Å². The minimum absolute atomic E-state index is 0.107. The lowest BCUT2D eigenvalue weighted by atomic mass is 10.1. The Morgan fingerprint density at radius 1 is 1.08 bits per heavy atom. The Hall–Kier alpha value is -3.02. The number of benzene rings is 2. The maximum atomic E-state index is 12.2. The van der Waals surface area contributed by atoms with Crippen LogP contribution in [0.3, 0.4) is 0 Å². The number of ether oxygens (including phenoxy) is 2. The maximum Gasteiger partial charge on any atom is 0.251 e. The number of hydrogen-bond acceptors (Lipinski definition) is 4. The molecule has 2 amide bonds. The molecular formula is C20H24N2O4. The number of amides is 2. The van der Waals surface area contributed by atoms with Crippen molar-refractivity contribution >= 4 is 11.8 Å². The molecule has 0 aromatic heterocycles. The van der Waals surface area contributed by atoms with E-state index in [-0.39, 0.29) is 24.4 Å². The monoisotopic (exact) mass is 356 g/mol. The van der Waals surface area contributed by atoms with E-state index in [2.05, 4.69) is 10.6 Å². The quantitative estimate of drug-likeness (QED) is 0.800. The van der Waals surface area contributed by atoms with Gasteiger partial charge in [0.1, 0.15) is 11.5 Å². The fourth-order valence-electron chi connectivity index (χ4n) is 2.63. The molecule has 1 atom stereocenters. The third-order valence-corrected chi connectivity index (χ3v) is 4.08. The fourth-order valence-corrected chi connectivity index (χ4v) is 2.63. The summed E-state index contributed by atoms with van der Waals surface area (Å²) in [7, 11) is 3.15. The van der Waals surface area contributed by atoms with Gasteiger partial charge in [-0.05, 0) is 43.7 Å². The second-order valence-corrected chi connectivity index (χ2v) is 5.89. The normalized spacial score (nSPS) is 11.4. The van der Waals surface area contributed by atoms with Gasteiger partial charge in [0.2, 0.25) is 5.91 Å². The van der Waals surface area contributed by atoms with Crippen LogP contribution in [0.5, 0.6) is 11.5 Å². The van der Waals surface area contributed by atoms with Crippen molar-refractivity contribution in [3.05, 3.63) is 59.2 Å². The zero-order valence-corrected chi connectivity index (χ0v) is 15.5. The van der Waals surface area contributed by atoms with Gasteiger partial charge in [-0.3, -0.25) is 9.59 Å². The number of carbonyl (C=O) groups excluding carboxylic acids is 2. The minimum atomic E-state index is -0.303. The van der Waals surface area contributed by atoms with Crippen molar-refractivity contribution in [1.82, 2.24) is 10.6 Å². The zero-order valence-electron chi connectivity index (χ0n) is 15.5. The van der Waals surface area contributed by atoms with E-state index in [4.69, 9.17) is 9.47 Å². The summed E-state index contributed by atoms with van der Waals surface area (Å²) in [5, 5.41) is 5.50. The first kappa shape index (κ1) is 19.3. The number of hydrogen-bond donors (Lipinski definition) is 2. The van der Waals surface area contributed by atoms with Crippen molar-refractivity contribution in [1.29, 1.82) is 0 Å². The van der Waals surface area contributed by atoms with Crippen LogP contribution in [0.15, 0.2) is 42.5 Å². The SMILES string of the molecule is COc1ccc(OC)c(C(C)NC(=O)CNC(=O)c2ccccc2C)c1. The molecule has 2 aromatic rings. The first-order valence-corrected chi connectivity index (χ1v) is 8.31. The van der Waals surface area contributed by atoms with Crippen LogP contribution in [-0.4, -0.2) is 32.6 Å². The predicted octanol–water partition coefficient (Wildman–Crippen LogP) is 2.62. The van der Waals surface area contributed by atoms with E-state index in [9.17, 15) is 9.59 Å². The van der Waals surface area contributed by atoms with Crippen LogP contribution in [0.2, 0.25) is 0 Å². The standard InChI is InChI=1S/C20H24N2O4/c1-13-7-5-6-8-16(13)20(24)21-12-19(23)22-14(2)17-11-15(25-3)9-10-18(17)26-4/h5-11,14H,12H2,1-4H3,(H,21,24)(H,22,23). The highest BCUT2D eigenvalue weighted by atomic mass is 16.5. The number of rotatable bonds is 7. The van der Waals surface area contributed by atoms with Crippen LogP contribution in [0.25, 0.3) is 0 Å². The van der Waals surface area contributed by atoms with Crippen molar-refractivity contribution in [3.63, 3.8) is 0 Å². The Bertz CT molecular complexity index is 789. The summed E-state index contributed by atoms with van der Waals surface area (Å²) in [4.78, 5) is 24.4. The Morgan fingerprint density at radius 3 is 2.46 bits per heavy atom. The van der Waals surface area contributed by atoms with Crippen molar-refractivity contribution in [3.8, 4) is 11.5 Å². The van der Waals surface area contributed by atoms with Crippen molar-refractivity contribution < 1.29 is 19.1 Å². The molecule has 0 bridgehead atoms. The van der Waals surface area contributed by atoms with Gasteiger partial charge in [0, 0.05) is 11.1 Å². The van der Waals surface area contributed by atoms with Crippen molar-refractivity contribution in [2.75, 3.05) is 20.8 Å². The summed E-state index contributed by atoms with van der Waals surface area (Å²) in [5.41, 5.74) is 2.22. The average Bonchev–Trinajstić information content (AvgIpc) is 2.65. The van der Waals surface area contributed by atoms with Gasteiger partial charge >= 0.3 is 0 Å². The van der Waals surface area contributed by atoms with E-state index in [1.54, 1.807) is 38.5 Å². The summed E-state index contributed by atoms with van der Waals surface area (Å²) in [5.74, 6) is 0.770. The highest BCUT2D eigenvalue weighted by Crippen LogP contribution is 2.29. The molecule has 0 aliphatic rings. The maximum absolute atomic E-state index is 12.2. The molecule has 2 aromatic carbocycles. The molecule has 6 heteroatoms. The van der Waals surface area contributed by atoms with Crippen LogP contribution in [0.1, 0.15) is 34.5 Å². The molecule has 1 unspecified atom stereocenters. The van der Waals surface area contributed by atoms with Crippen LogP contribution in [0.4, 0.5) is 0 Å². The molecule has 0 radical (unpaired) electrons. The highest BCUT2D eigenvalue weighted by Gasteiger charge is 2.16. The molecule has 0 heterocycles. The lowest BCUT2D eigenvalue weighted by molar-refractivity contribution is -0.120.